The van der Waals surface area contributed by atoms with E-state index < -0.39 is 0 Å². The number of nitrogens with one attached hydrogen (secondary N) is 1. The molecule has 0 heterocycles. The molecule has 94 valence electrons. The maximum Gasteiger partial charge on any atom is 0.251 e. The number of alkyl halides is 1. The zero-order chi connectivity index (χ0) is 12.8. The first-order chi connectivity index (χ1) is 8.02. The molecule has 0 saturated heterocycles. The zero-order valence-electron chi connectivity index (χ0n) is 10.7. The van der Waals surface area contributed by atoms with Crippen LogP contribution in [0.15, 0.2) is 18.2 Å². The smallest absolute Gasteiger partial charge is 0.251 e. The number of aryl methyl sites for hydroxylation is 2. The predicted molar refractivity (Wildman–Crippen MR) is 72.8 cm³/mol. The first-order valence-corrected chi connectivity index (χ1v) is 6.47. The van der Waals surface area contributed by atoms with Crippen LogP contribution in [0.4, 0.5) is 0 Å². The van der Waals surface area contributed by atoms with Crippen molar-refractivity contribution < 1.29 is 4.79 Å². The Morgan fingerprint density at radius 3 is 2.41 bits per heavy atom. The van der Waals surface area contributed by atoms with Gasteiger partial charge in [0.1, 0.15) is 0 Å². The van der Waals surface area contributed by atoms with Crippen LogP contribution in [0.1, 0.15) is 41.3 Å². The Labute approximate surface area is 108 Å². The van der Waals surface area contributed by atoms with E-state index in [4.69, 9.17) is 11.6 Å². The van der Waals surface area contributed by atoms with Crippen molar-refractivity contribution in [2.75, 3.05) is 6.54 Å². The predicted octanol–water partition coefficient (Wildman–Crippen LogP) is 3.44. The van der Waals surface area contributed by atoms with Crippen LogP contribution in [-0.4, -0.2) is 17.8 Å². The molecule has 0 aromatic heterocycles. The zero-order valence-corrected chi connectivity index (χ0v) is 11.5. The lowest BCUT2D eigenvalue weighted by molar-refractivity contribution is 0.0953. The second-order valence-corrected chi connectivity index (χ2v) is 5.04. The highest BCUT2D eigenvalue weighted by Crippen LogP contribution is 2.09. The minimum Gasteiger partial charge on any atom is -0.352 e. The molecule has 1 rings (SSSR count). The fourth-order valence-electron chi connectivity index (χ4n) is 1.75. The average Bonchev–Trinajstić information content (AvgIpc) is 2.27. The lowest BCUT2D eigenvalue weighted by Gasteiger charge is -2.09. The van der Waals surface area contributed by atoms with Gasteiger partial charge in [0.2, 0.25) is 0 Å². The van der Waals surface area contributed by atoms with Crippen molar-refractivity contribution in [1.82, 2.24) is 5.32 Å². The molecule has 1 amide bonds. The molecule has 0 saturated carbocycles. The van der Waals surface area contributed by atoms with Gasteiger partial charge in [-0.15, -0.1) is 11.6 Å². The summed E-state index contributed by atoms with van der Waals surface area (Å²) in [5, 5.41) is 3.04. The van der Waals surface area contributed by atoms with E-state index in [1.54, 1.807) is 0 Å². The van der Waals surface area contributed by atoms with Crippen LogP contribution in [0.5, 0.6) is 0 Å². The SMILES string of the molecule is CCC(Cl)CCNC(=O)c1cc(C)cc(C)c1. The van der Waals surface area contributed by atoms with E-state index >= 15 is 0 Å². The van der Waals surface area contributed by atoms with E-state index in [0.29, 0.717) is 6.54 Å². The third kappa shape index (κ3) is 4.78. The molecule has 0 bridgehead atoms. The van der Waals surface area contributed by atoms with E-state index in [9.17, 15) is 4.79 Å². The van der Waals surface area contributed by atoms with E-state index in [1.165, 1.54) is 0 Å². The molecule has 1 aromatic rings. The monoisotopic (exact) mass is 253 g/mol. The summed E-state index contributed by atoms with van der Waals surface area (Å²) in [5.74, 6) is -0.0169. The third-order valence-corrected chi connectivity index (χ3v) is 3.20. The van der Waals surface area contributed by atoms with Crippen LogP contribution >= 0.6 is 11.6 Å². The average molecular weight is 254 g/mol. The van der Waals surface area contributed by atoms with Gasteiger partial charge >= 0.3 is 0 Å². The maximum absolute atomic E-state index is 11.9. The Hall–Kier alpha value is -1.02. The molecule has 0 spiro atoms. The van der Waals surface area contributed by atoms with Gasteiger partial charge in [0, 0.05) is 17.5 Å². The largest absolute Gasteiger partial charge is 0.352 e. The van der Waals surface area contributed by atoms with Crippen LogP contribution in [-0.2, 0) is 0 Å². The third-order valence-electron chi connectivity index (χ3n) is 2.67. The van der Waals surface area contributed by atoms with Crippen molar-refractivity contribution in [2.24, 2.45) is 0 Å². The number of hydrogen-bond donors (Lipinski definition) is 1. The standard InChI is InChI=1S/C14H20ClNO/c1-4-13(15)5-6-16-14(17)12-8-10(2)7-11(3)9-12/h7-9,13H,4-6H2,1-3H3,(H,16,17). The number of hydrogen-bond acceptors (Lipinski definition) is 1. The molecule has 1 unspecified atom stereocenters. The molecule has 0 aliphatic rings. The highest BCUT2D eigenvalue weighted by atomic mass is 35.5. The summed E-state index contributed by atoms with van der Waals surface area (Å²) >= 11 is 5.99. The van der Waals surface area contributed by atoms with Crippen LogP contribution in [0.2, 0.25) is 0 Å². The molecule has 1 aromatic carbocycles. The Morgan fingerprint density at radius 1 is 1.29 bits per heavy atom. The number of carbonyl (C=O) groups excluding carboxylic acids is 1. The summed E-state index contributed by atoms with van der Waals surface area (Å²) in [6.45, 7) is 6.67. The topological polar surface area (TPSA) is 29.1 Å². The molecule has 2 nitrogen and oxygen atoms in total. The molecule has 0 aliphatic carbocycles. The second kappa shape index (κ2) is 6.65. The summed E-state index contributed by atoms with van der Waals surface area (Å²) < 4.78 is 0. The minimum absolute atomic E-state index is 0.0169. The summed E-state index contributed by atoms with van der Waals surface area (Å²) in [5.41, 5.74) is 2.95. The normalized spacial score (nSPS) is 12.2. The van der Waals surface area contributed by atoms with Gasteiger partial charge in [0.05, 0.1) is 0 Å². The molecule has 0 aliphatic heterocycles. The first-order valence-electron chi connectivity index (χ1n) is 6.03. The van der Waals surface area contributed by atoms with Crippen LogP contribution in [0.25, 0.3) is 0 Å². The maximum atomic E-state index is 11.9. The van der Waals surface area contributed by atoms with Crippen LogP contribution in [0, 0.1) is 13.8 Å². The minimum atomic E-state index is -0.0169. The molecule has 0 fully saturated rings. The summed E-state index contributed by atoms with van der Waals surface area (Å²) in [6, 6.07) is 5.86. The van der Waals surface area contributed by atoms with Gasteiger partial charge in [-0.25, -0.2) is 0 Å². The van der Waals surface area contributed by atoms with Crippen molar-refractivity contribution in [1.29, 1.82) is 0 Å². The number of carbonyl (C=O) groups is 1. The van der Waals surface area contributed by atoms with Gasteiger partial charge in [-0.2, -0.15) is 0 Å². The summed E-state index contributed by atoms with van der Waals surface area (Å²) in [6.07, 6.45) is 1.75. The number of amides is 1. The Morgan fingerprint density at radius 2 is 1.88 bits per heavy atom. The Balaban J connectivity index is 2.52. The Kier molecular flexibility index (Phi) is 5.49. The van der Waals surface area contributed by atoms with Crippen molar-refractivity contribution in [3.63, 3.8) is 0 Å². The highest BCUT2D eigenvalue weighted by Gasteiger charge is 2.07. The van der Waals surface area contributed by atoms with E-state index in [2.05, 4.69) is 11.4 Å². The van der Waals surface area contributed by atoms with Gasteiger partial charge in [-0.05, 0) is 38.8 Å². The van der Waals surface area contributed by atoms with Gasteiger partial charge in [-0.1, -0.05) is 24.1 Å². The highest BCUT2D eigenvalue weighted by molar-refractivity contribution is 6.20. The fraction of sp³-hybridized carbons (Fsp3) is 0.500. The fourth-order valence-corrected chi connectivity index (χ4v) is 1.86. The number of halogens is 1. The van der Waals surface area contributed by atoms with Gasteiger partial charge in [0.25, 0.3) is 5.91 Å². The molecular formula is C14H20ClNO. The van der Waals surface area contributed by atoms with Crippen molar-refractivity contribution >= 4 is 17.5 Å². The van der Waals surface area contributed by atoms with Crippen molar-refractivity contribution in [3.8, 4) is 0 Å². The lowest BCUT2D eigenvalue weighted by Crippen LogP contribution is -2.26. The summed E-state index contributed by atoms with van der Waals surface area (Å²) in [7, 11) is 0. The quantitative estimate of drug-likeness (QED) is 0.801. The summed E-state index contributed by atoms with van der Waals surface area (Å²) in [4.78, 5) is 11.9. The molecule has 1 atom stereocenters. The molecule has 0 radical (unpaired) electrons. The van der Waals surface area contributed by atoms with Gasteiger partial charge < -0.3 is 5.32 Å². The van der Waals surface area contributed by atoms with Crippen molar-refractivity contribution in [2.45, 2.75) is 39.0 Å². The lowest BCUT2D eigenvalue weighted by atomic mass is 10.1. The first kappa shape index (κ1) is 14.0. The van der Waals surface area contributed by atoms with E-state index in [0.717, 1.165) is 29.5 Å². The van der Waals surface area contributed by atoms with E-state index in [-0.39, 0.29) is 11.3 Å². The Bertz CT molecular complexity index is 370. The van der Waals surface area contributed by atoms with Crippen LogP contribution in [0.3, 0.4) is 0 Å². The van der Waals surface area contributed by atoms with Gasteiger partial charge in [-0.3, -0.25) is 4.79 Å². The number of rotatable bonds is 5. The van der Waals surface area contributed by atoms with E-state index in [1.807, 2.05) is 32.9 Å². The molecular weight excluding hydrogens is 234 g/mol. The van der Waals surface area contributed by atoms with Crippen molar-refractivity contribution in [3.05, 3.63) is 34.9 Å². The molecule has 3 heteroatoms. The molecule has 1 N–H and O–H groups in total. The number of benzene rings is 1. The second-order valence-electron chi connectivity index (χ2n) is 4.43. The van der Waals surface area contributed by atoms with Crippen LogP contribution < -0.4 is 5.32 Å². The van der Waals surface area contributed by atoms with Gasteiger partial charge in [0.15, 0.2) is 0 Å². The molecule has 17 heavy (non-hydrogen) atoms.